The predicted octanol–water partition coefficient (Wildman–Crippen LogP) is 2.33. The number of hydrogen-bond donors (Lipinski definition) is 0. The van der Waals surface area contributed by atoms with Crippen LogP contribution in [0.3, 0.4) is 0 Å². The molecule has 84 valence electrons. The number of nitrogens with zero attached hydrogens (tertiary/aromatic N) is 1. The average Bonchev–Trinajstić information content (AvgIpc) is 2.70. The van der Waals surface area contributed by atoms with Crippen LogP contribution in [0.15, 0.2) is 22.8 Å². The fraction of sp³-hybridized carbons (Fsp3) is 0.583. The van der Waals surface area contributed by atoms with Gasteiger partial charge in [-0.15, -0.1) is 0 Å². The van der Waals surface area contributed by atoms with E-state index in [-0.39, 0.29) is 5.41 Å². The van der Waals surface area contributed by atoms with Gasteiger partial charge in [-0.2, -0.15) is 0 Å². The summed E-state index contributed by atoms with van der Waals surface area (Å²) in [6.07, 6.45) is 3.58. The van der Waals surface area contributed by atoms with Crippen LogP contribution in [0.1, 0.15) is 26.0 Å². The molecule has 15 heavy (non-hydrogen) atoms. The van der Waals surface area contributed by atoms with Gasteiger partial charge in [0.15, 0.2) is 0 Å². The Bertz CT molecular complexity index is 295. The van der Waals surface area contributed by atoms with Gasteiger partial charge in [-0.3, -0.25) is 4.90 Å². The highest BCUT2D eigenvalue weighted by Crippen LogP contribution is 2.19. The first-order valence-corrected chi connectivity index (χ1v) is 5.27. The van der Waals surface area contributed by atoms with E-state index < -0.39 is 0 Å². The Labute approximate surface area is 91.1 Å². The highest BCUT2D eigenvalue weighted by Gasteiger charge is 2.23. The molecule has 0 aromatic carbocycles. The van der Waals surface area contributed by atoms with Crippen LogP contribution in [-0.4, -0.2) is 24.8 Å². The third kappa shape index (κ3) is 3.51. The number of hydrogen-bond acceptors (Lipinski definition) is 3. The number of furan rings is 1. The summed E-state index contributed by atoms with van der Waals surface area (Å²) < 4.78 is 5.26. The van der Waals surface area contributed by atoms with Gasteiger partial charge in [0.1, 0.15) is 12.0 Å². The molecule has 3 nitrogen and oxygen atoms in total. The van der Waals surface area contributed by atoms with Crippen LogP contribution in [0, 0.1) is 5.41 Å². The maximum Gasteiger partial charge on any atom is 0.127 e. The van der Waals surface area contributed by atoms with Crippen molar-refractivity contribution in [3.8, 4) is 0 Å². The van der Waals surface area contributed by atoms with E-state index in [0.29, 0.717) is 0 Å². The van der Waals surface area contributed by atoms with Crippen molar-refractivity contribution in [3.05, 3.63) is 24.2 Å². The zero-order chi connectivity index (χ0) is 11.3. The maximum absolute atomic E-state index is 10.9. The molecule has 0 aliphatic heterocycles. The molecule has 0 spiro atoms. The van der Waals surface area contributed by atoms with Crippen LogP contribution >= 0.6 is 0 Å². The second kappa shape index (κ2) is 5.12. The van der Waals surface area contributed by atoms with Crippen molar-refractivity contribution >= 4 is 6.29 Å². The Morgan fingerprint density at radius 3 is 2.80 bits per heavy atom. The van der Waals surface area contributed by atoms with Crippen LogP contribution in [0.5, 0.6) is 0 Å². The van der Waals surface area contributed by atoms with Crippen LogP contribution in [0.25, 0.3) is 0 Å². The molecule has 0 aliphatic carbocycles. The molecule has 0 saturated carbocycles. The average molecular weight is 209 g/mol. The lowest BCUT2D eigenvalue weighted by molar-refractivity contribution is -0.116. The zero-order valence-electron chi connectivity index (χ0n) is 9.69. The third-order valence-electron chi connectivity index (χ3n) is 2.73. The van der Waals surface area contributed by atoms with Crippen molar-refractivity contribution in [1.29, 1.82) is 0 Å². The van der Waals surface area contributed by atoms with Gasteiger partial charge >= 0.3 is 0 Å². The Hall–Kier alpha value is -1.09. The van der Waals surface area contributed by atoms with Crippen molar-refractivity contribution in [2.45, 2.75) is 26.8 Å². The molecule has 0 fully saturated rings. The first-order valence-electron chi connectivity index (χ1n) is 5.27. The van der Waals surface area contributed by atoms with Gasteiger partial charge in [0, 0.05) is 12.0 Å². The van der Waals surface area contributed by atoms with Crippen molar-refractivity contribution in [2.75, 3.05) is 13.6 Å². The Kier molecular flexibility index (Phi) is 4.09. The first-order chi connectivity index (χ1) is 7.09. The summed E-state index contributed by atoms with van der Waals surface area (Å²) in [7, 11) is 2.00. The summed E-state index contributed by atoms with van der Waals surface area (Å²) in [5.74, 6) is 0.932. The van der Waals surface area contributed by atoms with E-state index in [1.54, 1.807) is 6.26 Å². The SMILES string of the molecule is CCC(C)(C=O)CN(C)Cc1ccco1. The highest BCUT2D eigenvalue weighted by molar-refractivity contribution is 5.58. The van der Waals surface area contributed by atoms with Crippen molar-refractivity contribution in [3.63, 3.8) is 0 Å². The monoisotopic (exact) mass is 209 g/mol. The first kappa shape index (κ1) is 12.0. The smallest absolute Gasteiger partial charge is 0.127 e. The molecule has 1 aromatic heterocycles. The second-order valence-corrected chi connectivity index (χ2v) is 4.38. The minimum Gasteiger partial charge on any atom is -0.468 e. The predicted molar refractivity (Wildman–Crippen MR) is 59.5 cm³/mol. The topological polar surface area (TPSA) is 33.5 Å². The molecule has 1 rings (SSSR count). The molecule has 0 aliphatic rings. The molecule has 1 heterocycles. The standard InChI is InChI=1S/C12H19NO2/c1-4-12(2,10-14)9-13(3)8-11-6-5-7-15-11/h5-7,10H,4,8-9H2,1-3H3. The molecular formula is C12H19NO2. The minimum absolute atomic E-state index is 0.249. The van der Waals surface area contributed by atoms with E-state index in [1.807, 2.05) is 33.0 Å². The van der Waals surface area contributed by atoms with Gasteiger partial charge in [0.25, 0.3) is 0 Å². The summed E-state index contributed by atoms with van der Waals surface area (Å²) in [5.41, 5.74) is -0.249. The molecule has 0 bridgehead atoms. The maximum atomic E-state index is 10.9. The van der Waals surface area contributed by atoms with Crippen molar-refractivity contribution in [2.24, 2.45) is 5.41 Å². The lowest BCUT2D eigenvalue weighted by atomic mass is 9.89. The second-order valence-electron chi connectivity index (χ2n) is 4.38. The highest BCUT2D eigenvalue weighted by atomic mass is 16.3. The van der Waals surface area contributed by atoms with E-state index in [2.05, 4.69) is 4.90 Å². The third-order valence-corrected chi connectivity index (χ3v) is 2.73. The molecule has 1 atom stereocenters. The molecule has 0 N–H and O–H groups in total. The molecule has 0 radical (unpaired) electrons. The Balaban J connectivity index is 2.48. The molecule has 0 amide bonds. The molecule has 1 aromatic rings. The van der Waals surface area contributed by atoms with Crippen LogP contribution in [0.4, 0.5) is 0 Å². The van der Waals surface area contributed by atoms with Crippen LogP contribution in [-0.2, 0) is 11.3 Å². The van der Waals surface area contributed by atoms with E-state index in [9.17, 15) is 4.79 Å². The van der Waals surface area contributed by atoms with Crippen LogP contribution < -0.4 is 0 Å². The molecule has 0 saturated heterocycles. The van der Waals surface area contributed by atoms with Gasteiger partial charge in [-0.05, 0) is 25.6 Å². The number of carbonyl (C=O) groups is 1. The summed E-state index contributed by atoms with van der Waals surface area (Å²) in [6.45, 7) is 5.53. The van der Waals surface area contributed by atoms with Crippen molar-refractivity contribution < 1.29 is 9.21 Å². The number of aldehydes is 1. The summed E-state index contributed by atoms with van der Waals surface area (Å²) in [5, 5.41) is 0. The van der Waals surface area contributed by atoms with Gasteiger partial charge in [0.2, 0.25) is 0 Å². The fourth-order valence-electron chi connectivity index (χ4n) is 1.57. The van der Waals surface area contributed by atoms with Gasteiger partial charge in [-0.1, -0.05) is 13.8 Å². The van der Waals surface area contributed by atoms with E-state index in [1.165, 1.54) is 0 Å². The summed E-state index contributed by atoms with van der Waals surface area (Å²) in [4.78, 5) is 13.1. The van der Waals surface area contributed by atoms with E-state index >= 15 is 0 Å². The van der Waals surface area contributed by atoms with Crippen molar-refractivity contribution in [1.82, 2.24) is 4.90 Å². The number of carbonyl (C=O) groups excluding carboxylic acids is 1. The summed E-state index contributed by atoms with van der Waals surface area (Å²) in [6, 6.07) is 3.82. The molecular weight excluding hydrogens is 190 g/mol. The normalized spacial score (nSPS) is 15.2. The lowest BCUT2D eigenvalue weighted by Crippen LogP contribution is -2.33. The van der Waals surface area contributed by atoms with Crippen LogP contribution in [0.2, 0.25) is 0 Å². The molecule has 3 heteroatoms. The van der Waals surface area contributed by atoms with E-state index in [4.69, 9.17) is 4.42 Å². The fourth-order valence-corrected chi connectivity index (χ4v) is 1.57. The molecule has 1 unspecified atom stereocenters. The Morgan fingerprint density at radius 1 is 1.60 bits per heavy atom. The largest absolute Gasteiger partial charge is 0.468 e. The quantitative estimate of drug-likeness (QED) is 0.674. The minimum atomic E-state index is -0.249. The van der Waals surface area contributed by atoms with Gasteiger partial charge < -0.3 is 9.21 Å². The van der Waals surface area contributed by atoms with E-state index in [0.717, 1.165) is 31.6 Å². The van der Waals surface area contributed by atoms with Gasteiger partial charge in [0.05, 0.1) is 12.8 Å². The summed E-state index contributed by atoms with van der Waals surface area (Å²) >= 11 is 0. The lowest BCUT2D eigenvalue weighted by Gasteiger charge is -2.27. The Morgan fingerprint density at radius 2 is 2.33 bits per heavy atom. The number of rotatable bonds is 6. The zero-order valence-corrected chi connectivity index (χ0v) is 9.69. The van der Waals surface area contributed by atoms with Gasteiger partial charge in [-0.25, -0.2) is 0 Å².